The van der Waals surface area contributed by atoms with E-state index in [-0.39, 0.29) is 18.0 Å². The molecule has 1 unspecified atom stereocenters. The van der Waals surface area contributed by atoms with Crippen molar-refractivity contribution in [3.63, 3.8) is 0 Å². The molecule has 1 saturated heterocycles. The fourth-order valence-electron chi connectivity index (χ4n) is 3.72. The number of carbonyl (C=O) groups excluding carboxylic acids is 2. The molecule has 0 bridgehead atoms. The van der Waals surface area contributed by atoms with Crippen LogP contribution in [0.2, 0.25) is 0 Å². The number of rotatable bonds is 4. The molecule has 144 valence electrons. The second-order valence-electron chi connectivity index (χ2n) is 8.58. The van der Waals surface area contributed by atoms with E-state index in [2.05, 4.69) is 5.32 Å². The monoisotopic (exact) mass is 353 g/mol. The van der Waals surface area contributed by atoms with Crippen LogP contribution in [0.15, 0.2) is 0 Å². The van der Waals surface area contributed by atoms with Gasteiger partial charge in [-0.1, -0.05) is 19.3 Å². The molecular weight excluding hydrogens is 318 g/mol. The largest absolute Gasteiger partial charge is 0.444 e. The molecule has 1 aliphatic heterocycles. The molecule has 0 aromatic heterocycles. The molecule has 2 aliphatic rings. The Morgan fingerprint density at radius 2 is 1.72 bits per heavy atom. The zero-order valence-corrected chi connectivity index (χ0v) is 16.1. The molecule has 3 N–H and O–H groups in total. The van der Waals surface area contributed by atoms with Gasteiger partial charge in [-0.3, -0.25) is 4.79 Å². The van der Waals surface area contributed by atoms with Gasteiger partial charge in [0.2, 0.25) is 5.91 Å². The minimum atomic E-state index is -0.461. The van der Waals surface area contributed by atoms with Crippen molar-refractivity contribution in [3.8, 4) is 0 Å². The number of amides is 2. The first-order valence-corrected chi connectivity index (χ1v) is 9.77. The summed E-state index contributed by atoms with van der Waals surface area (Å²) in [5.74, 6) is 0.727. The van der Waals surface area contributed by atoms with Crippen LogP contribution in [0.4, 0.5) is 4.79 Å². The average molecular weight is 354 g/mol. The lowest BCUT2D eigenvalue weighted by Crippen LogP contribution is -2.48. The molecule has 25 heavy (non-hydrogen) atoms. The third-order valence-electron chi connectivity index (χ3n) is 5.29. The smallest absolute Gasteiger partial charge is 0.410 e. The number of ether oxygens (including phenoxy) is 1. The van der Waals surface area contributed by atoms with Crippen molar-refractivity contribution in [2.24, 2.45) is 17.6 Å². The Labute approximate surface area is 151 Å². The van der Waals surface area contributed by atoms with Gasteiger partial charge < -0.3 is 20.7 Å². The highest BCUT2D eigenvalue weighted by Gasteiger charge is 2.29. The molecule has 6 nitrogen and oxygen atoms in total. The molecule has 2 fully saturated rings. The number of hydrogen-bond acceptors (Lipinski definition) is 4. The fourth-order valence-corrected chi connectivity index (χ4v) is 3.72. The maximum Gasteiger partial charge on any atom is 0.410 e. The number of hydrogen-bond donors (Lipinski definition) is 2. The van der Waals surface area contributed by atoms with E-state index in [0.29, 0.717) is 31.5 Å². The van der Waals surface area contributed by atoms with Gasteiger partial charge in [-0.2, -0.15) is 0 Å². The van der Waals surface area contributed by atoms with E-state index < -0.39 is 5.60 Å². The highest BCUT2D eigenvalue weighted by molar-refractivity contribution is 5.81. The summed E-state index contributed by atoms with van der Waals surface area (Å²) in [6, 6.07) is -0.373. The van der Waals surface area contributed by atoms with Crippen molar-refractivity contribution in [2.75, 3.05) is 19.6 Å². The van der Waals surface area contributed by atoms with Gasteiger partial charge >= 0.3 is 6.09 Å². The zero-order chi connectivity index (χ0) is 18.4. The van der Waals surface area contributed by atoms with Gasteiger partial charge in [0, 0.05) is 19.6 Å². The average Bonchev–Trinajstić information content (AvgIpc) is 2.58. The maximum atomic E-state index is 12.3. The van der Waals surface area contributed by atoms with Crippen LogP contribution in [0.3, 0.4) is 0 Å². The first-order valence-electron chi connectivity index (χ1n) is 9.77. The van der Waals surface area contributed by atoms with Gasteiger partial charge in [-0.15, -0.1) is 0 Å². The summed E-state index contributed by atoms with van der Waals surface area (Å²) in [5.41, 5.74) is 5.69. The van der Waals surface area contributed by atoms with Crippen molar-refractivity contribution in [1.29, 1.82) is 0 Å². The molecule has 6 heteroatoms. The predicted molar refractivity (Wildman–Crippen MR) is 98.1 cm³/mol. The van der Waals surface area contributed by atoms with Crippen LogP contribution in [-0.2, 0) is 9.53 Å². The molecule has 1 heterocycles. The van der Waals surface area contributed by atoms with E-state index in [1.165, 1.54) is 19.3 Å². The number of nitrogens with two attached hydrogens (primary N) is 1. The predicted octanol–water partition coefficient (Wildman–Crippen LogP) is 2.66. The molecule has 0 aromatic carbocycles. The Morgan fingerprint density at radius 3 is 2.28 bits per heavy atom. The number of carbonyl (C=O) groups is 2. The van der Waals surface area contributed by atoms with Crippen molar-refractivity contribution in [3.05, 3.63) is 0 Å². The highest BCUT2D eigenvalue weighted by atomic mass is 16.6. The fraction of sp³-hybridized carbons (Fsp3) is 0.895. The number of nitrogens with one attached hydrogen (secondary N) is 1. The Balaban J connectivity index is 1.67. The minimum Gasteiger partial charge on any atom is -0.444 e. The van der Waals surface area contributed by atoms with Crippen LogP contribution in [0.1, 0.15) is 65.7 Å². The van der Waals surface area contributed by atoms with Crippen LogP contribution < -0.4 is 11.1 Å². The molecule has 2 rings (SSSR count). The van der Waals surface area contributed by atoms with Gasteiger partial charge in [0.25, 0.3) is 0 Å². The summed E-state index contributed by atoms with van der Waals surface area (Å²) in [4.78, 5) is 26.1. The lowest BCUT2D eigenvalue weighted by atomic mass is 9.84. The summed E-state index contributed by atoms with van der Waals surface area (Å²) < 4.78 is 5.41. The van der Waals surface area contributed by atoms with E-state index in [1.807, 2.05) is 20.8 Å². The van der Waals surface area contributed by atoms with Crippen LogP contribution in [0.5, 0.6) is 0 Å². The van der Waals surface area contributed by atoms with Crippen LogP contribution in [0.25, 0.3) is 0 Å². The Hall–Kier alpha value is -1.30. The minimum absolute atomic E-state index is 0.0125. The molecule has 0 spiro atoms. The summed E-state index contributed by atoms with van der Waals surface area (Å²) in [7, 11) is 0. The second-order valence-corrected chi connectivity index (χ2v) is 8.58. The van der Waals surface area contributed by atoms with Crippen molar-refractivity contribution in [1.82, 2.24) is 10.2 Å². The quantitative estimate of drug-likeness (QED) is 0.814. The molecule has 1 atom stereocenters. The van der Waals surface area contributed by atoms with Gasteiger partial charge in [0.15, 0.2) is 0 Å². The standard InChI is InChI=1S/C19H35N3O3/c1-19(2,3)25-18(24)22-11-9-14(10-12-22)13-21-17(23)16(20)15-7-5-4-6-8-15/h14-16H,4-13,20H2,1-3H3,(H,21,23). The highest BCUT2D eigenvalue weighted by Crippen LogP contribution is 2.26. The van der Waals surface area contributed by atoms with Crippen LogP contribution in [-0.4, -0.2) is 48.2 Å². The van der Waals surface area contributed by atoms with E-state index in [0.717, 1.165) is 25.7 Å². The van der Waals surface area contributed by atoms with Crippen LogP contribution >= 0.6 is 0 Å². The summed E-state index contributed by atoms with van der Waals surface area (Å²) >= 11 is 0. The molecule has 0 aromatic rings. The first-order chi connectivity index (χ1) is 11.8. The second kappa shape index (κ2) is 8.88. The number of piperidine rings is 1. The SMILES string of the molecule is CC(C)(C)OC(=O)N1CCC(CNC(=O)C(N)C2CCCCC2)CC1. The van der Waals surface area contributed by atoms with E-state index in [9.17, 15) is 9.59 Å². The van der Waals surface area contributed by atoms with Crippen molar-refractivity contribution in [2.45, 2.75) is 77.4 Å². The molecule has 0 radical (unpaired) electrons. The zero-order valence-electron chi connectivity index (χ0n) is 16.1. The third-order valence-corrected chi connectivity index (χ3v) is 5.29. The van der Waals surface area contributed by atoms with Crippen LogP contribution in [0, 0.1) is 11.8 Å². The van der Waals surface area contributed by atoms with Gasteiger partial charge in [-0.05, 0) is 58.3 Å². The first kappa shape index (κ1) is 20.0. The Morgan fingerprint density at radius 1 is 1.12 bits per heavy atom. The van der Waals surface area contributed by atoms with E-state index in [1.54, 1.807) is 4.90 Å². The van der Waals surface area contributed by atoms with Crippen molar-refractivity contribution >= 4 is 12.0 Å². The van der Waals surface area contributed by atoms with E-state index >= 15 is 0 Å². The molecule has 1 saturated carbocycles. The topological polar surface area (TPSA) is 84.7 Å². The Bertz CT molecular complexity index is 447. The summed E-state index contributed by atoms with van der Waals surface area (Å²) in [6.07, 6.45) is 7.32. The van der Waals surface area contributed by atoms with Gasteiger partial charge in [0.1, 0.15) is 5.60 Å². The lowest BCUT2D eigenvalue weighted by molar-refractivity contribution is -0.124. The maximum absolute atomic E-state index is 12.3. The Kier molecular flexibility index (Phi) is 7.11. The summed E-state index contributed by atoms with van der Waals surface area (Å²) in [6.45, 7) is 7.66. The van der Waals surface area contributed by atoms with Gasteiger partial charge in [-0.25, -0.2) is 4.79 Å². The summed E-state index contributed by atoms with van der Waals surface area (Å²) in [5, 5.41) is 3.03. The molecular formula is C19H35N3O3. The molecule has 2 amide bonds. The van der Waals surface area contributed by atoms with E-state index in [4.69, 9.17) is 10.5 Å². The molecule has 1 aliphatic carbocycles. The number of likely N-dealkylation sites (tertiary alicyclic amines) is 1. The number of nitrogens with zero attached hydrogens (tertiary/aromatic N) is 1. The van der Waals surface area contributed by atoms with Crippen molar-refractivity contribution < 1.29 is 14.3 Å². The lowest BCUT2D eigenvalue weighted by Gasteiger charge is -2.34. The third kappa shape index (κ3) is 6.49. The van der Waals surface area contributed by atoms with Gasteiger partial charge in [0.05, 0.1) is 6.04 Å². The normalized spacial score (nSPS) is 21.7.